The number of hydrogen-bond donors (Lipinski definition) is 2. The fraction of sp³-hybridized carbons (Fsp3) is 0.500. The molecule has 0 saturated heterocycles. The zero-order valence-electron chi connectivity index (χ0n) is 10.2. The molecule has 0 atom stereocenters. The number of hydrogen-bond acceptors (Lipinski definition) is 4. The first-order valence-corrected chi connectivity index (χ1v) is 5.56. The van der Waals surface area contributed by atoms with Crippen molar-refractivity contribution in [3.8, 4) is 0 Å². The number of amides is 1. The molecule has 1 aromatic heterocycles. The number of alkyl halides is 3. The van der Waals surface area contributed by atoms with Crippen LogP contribution in [0.3, 0.4) is 0 Å². The number of aromatic nitrogens is 2. The molecule has 9 heteroatoms. The van der Waals surface area contributed by atoms with Crippen molar-refractivity contribution in [1.29, 1.82) is 0 Å². The summed E-state index contributed by atoms with van der Waals surface area (Å²) in [6.45, 7) is 3.20. The lowest BCUT2D eigenvalue weighted by molar-refractivity contribution is -0.141. The molecule has 0 saturated carbocycles. The van der Waals surface area contributed by atoms with Crippen molar-refractivity contribution in [2.24, 2.45) is 5.73 Å². The van der Waals surface area contributed by atoms with Gasteiger partial charge in [0.2, 0.25) is 11.2 Å². The highest BCUT2D eigenvalue weighted by Gasteiger charge is 2.34. The molecule has 0 aliphatic carbocycles. The molecule has 5 nitrogen and oxygen atoms in total. The van der Waals surface area contributed by atoms with Crippen LogP contribution in [0.5, 0.6) is 0 Å². The summed E-state index contributed by atoms with van der Waals surface area (Å²) in [5.74, 6) is -0.715. The van der Waals surface area contributed by atoms with Crippen LogP contribution < -0.4 is 11.1 Å². The van der Waals surface area contributed by atoms with Gasteiger partial charge < -0.3 is 11.1 Å². The van der Waals surface area contributed by atoms with E-state index >= 15 is 0 Å². The van der Waals surface area contributed by atoms with Crippen molar-refractivity contribution < 1.29 is 18.0 Å². The van der Waals surface area contributed by atoms with Crippen molar-refractivity contribution in [1.82, 2.24) is 9.97 Å². The van der Waals surface area contributed by atoms with Crippen molar-refractivity contribution in [3.63, 3.8) is 0 Å². The van der Waals surface area contributed by atoms with E-state index in [9.17, 15) is 18.0 Å². The number of carbonyl (C=O) groups is 1. The van der Waals surface area contributed by atoms with Crippen molar-refractivity contribution in [2.75, 3.05) is 5.32 Å². The molecule has 0 bridgehead atoms. The van der Waals surface area contributed by atoms with E-state index in [4.69, 9.17) is 17.3 Å². The second-order valence-corrected chi connectivity index (χ2v) is 4.90. The van der Waals surface area contributed by atoms with E-state index in [1.807, 2.05) is 0 Å². The summed E-state index contributed by atoms with van der Waals surface area (Å²) in [4.78, 5) is 17.6. The molecule has 0 radical (unpaired) electrons. The lowest BCUT2D eigenvalue weighted by atomic mass is 10.0. The van der Waals surface area contributed by atoms with Crippen LogP contribution in [0.1, 0.15) is 26.0 Å². The molecule has 1 rings (SSSR count). The minimum atomic E-state index is -4.63. The molecule has 1 heterocycles. The standard InChI is InChI=1S/C10H12ClF3N4O/c1-9(2,4-6(15)19)18-7-3-5(10(12,13)14)16-8(11)17-7/h3H,4H2,1-2H3,(H2,15,19)(H,16,17,18). The Morgan fingerprint density at radius 3 is 2.47 bits per heavy atom. The Hall–Kier alpha value is -1.57. The molecule has 0 aliphatic heterocycles. The number of halogens is 4. The van der Waals surface area contributed by atoms with Gasteiger partial charge >= 0.3 is 6.18 Å². The predicted molar refractivity (Wildman–Crippen MR) is 63.6 cm³/mol. The summed E-state index contributed by atoms with van der Waals surface area (Å²) in [5, 5.41) is 2.13. The monoisotopic (exact) mass is 296 g/mol. The third-order valence-electron chi connectivity index (χ3n) is 2.07. The van der Waals surface area contributed by atoms with Gasteiger partial charge in [-0.25, -0.2) is 9.97 Å². The van der Waals surface area contributed by atoms with Crippen LogP contribution in [0.15, 0.2) is 6.07 Å². The number of nitrogens with zero attached hydrogens (tertiary/aromatic N) is 2. The third-order valence-corrected chi connectivity index (χ3v) is 2.24. The maximum absolute atomic E-state index is 12.5. The maximum atomic E-state index is 12.5. The van der Waals surface area contributed by atoms with Gasteiger partial charge in [0.25, 0.3) is 0 Å². The van der Waals surface area contributed by atoms with Gasteiger partial charge in [-0.05, 0) is 25.4 Å². The minimum absolute atomic E-state index is 0.0734. The van der Waals surface area contributed by atoms with E-state index < -0.39 is 28.6 Å². The van der Waals surface area contributed by atoms with Crippen LogP contribution >= 0.6 is 11.6 Å². The average Bonchev–Trinajstić information content (AvgIpc) is 2.11. The summed E-state index contributed by atoms with van der Waals surface area (Å²) < 4.78 is 37.6. The lowest BCUT2D eigenvalue weighted by Gasteiger charge is -2.25. The fourth-order valence-corrected chi connectivity index (χ4v) is 1.64. The van der Waals surface area contributed by atoms with E-state index in [1.54, 1.807) is 13.8 Å². The Labute approximate surface area is 112 Å². The quantitative estimate of drug-likeness (QED) is 0.835. The molecule has 19 heavy (non-hydrogen) atoms. The Kier molecular flexibility index (Phi) is 4.24. The molecule has 0 spiro atoms. The summed E-state index contributed by atoms with van der Waals surface area (Å²) in [7, 11) is 0. The number of anilines is 1. The summed E-state index contributed by atoms with van der Waals surface area (Å²) in [6, 6.07) is 0.717. The normalized spacial score (nSPS) is 12.3. The average molecular weight is 297 g/mol. The van der Waals surface area contributed by atoms with Gasteiger partial charge in [-0.3, -0.25) is 4.79 Å². The van der Waals surface area contributed by atoms with Crippen LogP contribution in [0.4, 0.5) is 19.0 Å². The Morgan fingerprint density at radius 2 is 2.00 bits per heavy atom. The van der Waals surface area contributed by atoms with Gasteiger partial charge in [0, 0.05) is 18.0 Å². The molecule has 0 aliphatic rings. The highest BCUT2D eigenvalue weighted by Crippen LogP contribution is 2.30. The largest absolute Gasteiger partial charge is 0.433 e. The zero-order valence-corrected chi connectivity index (χ0v) is 10.9. The smallest absolute Gasteiger partial charge is 0.370 e. The Morgan fingerprint density at radius 1 is 1.42 bits per heavy atom. The van der Waals surface area contributed by atoms with Gasteiger partial charge in [0.1, 0.15) is 5.82 Å². The van der Waals surface area contributed by atoms with Crippen LogP contribution in [-0.4, -0.2) is 21.4 Å². The van der Waals surface area contributed by atoms with E-state index in [2.05, 4.69) is 15.3 Å². The maximum Gasteiger partial charge on any atom is 0.433 e. The Balaban J connectivity index is 3.02. The van der Waals surface area contributed by atoms with Gasteiger partial charge in [-0.1, -0.05) is 0 Å². The van der Waals surface area contributed by atoms with Crippen LogP contribution in [-0.2, 0) is 11.0 Å². The van der Waals surface area contributed by atoms with E-state index in [0.29, 0.717) is 6.07 Å². The number of nitrogens with two attached hydrogens (primary N) is 1. The topological polar surface area (TPSA) is 80.9 Å². The second-order valence-electron chi connectivity index (χ2n) is 4.56. The summed E-state index contributed by atoms with van der Waals surface area (Å²) in [5.41, 5.74) is 3.03. The van der Waals surface area contributed by atoms with Crippen LogP contribution in [0, 0.1) is 0 Å². The van der Waals surface area contributed by atoms with Crippen LogP contribution in [0.2, 0.25) is 5.28 Å². The molecule has 1 aromatic rings. The van der Waals surface area contributed by atoms with E-state index in [-0.39, 0.29) is 12.2 Å². The lowest BCUT2D eigenvalue weighted by Crippen LogP contribution is -2.36. The molecular weight excluding hydrogens is 285 g/mol. The molecule has 1 amide bonds. The number of primary amides is 1. The second kappa shape index (κ2) is 5.20. The highest BCUT2D eigenvalue weighted by atomic mass is 35.5. The van der Waals surface area contributed by atoms with Crippen LogP contribution in [0.25, 0.3) is 0 Å². The van der Waals surface area contributed by atoms with Crippen molar-refractivity contribution in [3.05, 3.63) is 17.0 Å². The molecule has 3 N–H and O–H groups in total. The molecule has 0 unspecified atom stereocenters. The predicted octanol–water partition coefficient (Wildman–Crippen LogP) is 2.21. The van der Waals surface area contributed by atoms with Gasteiger partial charge in [0.15, 0.2) is 5.69 Å². The molecule has 0 fully saturated rings. The fourth-order valence-electron chi connectivity index (χ4n) is 1.45. The van der Waals surface area contributed by atoms with Gasteiger partial charge in [-0.15, -0.1) is 0 Å². The third kappa shape index (κ3) is 4.90. The summed E-state index contributed by atoms with van der Waals surface area (Å²) in [6.07, 6.45) is -4.70. The number of rotatable bonds is 4. The minimum Gasteiger partial charge on any atom is -0.370 e. The number of carbonyl (C=O) groups excluding carboxylic acids is 1. The SMILES string of the molecule is CC(C)(CC(N)=O)Nc1cc(C(F)(F)F)nc(Cl)n1. The highest BCUT2D eigenvalue weighted by molar-refractivity contribution is 6.28. The van der Waals surface area contributed by atoms with E-state index in [1.165, 1.54) is 0 Å². The number of nitrogens with one attached hydrogen (secondary N) is 1. The zero-order chi connectivity index (χ0) is 14.8. The first-order valence-electron chi connectivity index (χ1n) is 5.18. The van der Waals surface area contributed by atoms with Gasteiger partial charge in [-0.2, -0.15) is 13.2 Å². The summed E-state index contributed by atoms with van der Waals surface area (Å²) >= 11 is 5.44. The van der Waals surface area contributed by atoms with Gasteiger partial charge in [0.05, 0.1) is 0 Å². The first-order chi connectivity index (χ1) is 8.49. The Bertz CT molecular complexity index is 490. The van der Waals surface area contributed by atoms with E-state index in [0.717, 1.165) is 0 Å². The van der Waals surface area contributed by atoms with Crippen molar-refractivity contribution >= 4 is 23.3 Å². The molecule has 106 valence electrons. The molecule has 0 aromatic carbocycles. The molecular formula is C10H12ClF3N4O. The van der Waals surface area contributed by atoms with Crippen molar-refractivity contribution in [2.45, 2.75) is 32.0 Å². The first kappa shape index (κ1) is 15.5.